The van der Waals surface area contributed by atoms with Crippen LogP contribution in [0.25, 0.3) is 0 Å². The van der Waals surface area contributed by atoms with Crippen molar-refractivity contribution in [2.24, 2.45) is 0 Å². The van der Waals surface area contributed by atoms with Crippen LogP contribution in [0.1, 0.15) is 10.4 Å². The molecule has 0 spiro atoms. The largest absolute Gasteiger partial charge is 0.465 e. The average Bonchev–Trinajstić information content (AvgIpc) is 2.40. The molecule has 1 aromatic heterocycles. The Kier molecular flexibility index (Phi) is 4.01. The second-order valence-corrected chi connectivity index (χ2v) is 4.59. The highest BCUT2D eigenvalue weighted by atomic mass is 79.9. The molecule has 1 heterocycles. The second-order valence-electron chi connectivity index (χ2n) is 3.67. The summed E-state index contributed by atoms with van der Waals surface area (Å²) in [6, 6.07) is 8.66. The average molecular weight is 323 g/mol. The lowest BCUT2D eigenvalue weighted by Crippen LogP contribution is -2.06. The van der Waals surface area contributed by atoms with E-state index in [1.54, 1.807) is 12.1 Å². The van der Waals surface area contributed by atoms with Crippen LogP contribution in [0.2, 0.25) is 0 Å². The highest BCUT2D eigenvalue weighted by molar-refractivity contribution is 9.10. The zero-order valence-corrected chi connectivity index (χ0v) is 11.7. The van der Waals surface area contributed by atoms with Crippen LogP contribution >= 0.6 is 15.9 Å². The van der Waals surface area contributed by atoms with Crippen molar-refractivity contribution in [2.75, 3.05) is 12.8 Å². The molecule has 1 aromatic carbocycles. The maximum absolute atomic E-state index is 11.6. The molecule has 5 nitrogen and oxygen atoms in total. The van der Waals surface area contributed by atoms with Gasteiger partial charge in [-0.1, -0.05) is 22.0 Å². The van der Waals surface area contributed by atoms with Crippen molar-refractivity contribution < 1.29 is 14.3 Å². The van der Waals surface area contributed by atoms with Crippen molar-refractivity contribution >= 4 is 27.6 Å². The van der Waals surface area contributed by atoms with Gasteiger partial charge in [-0.05, 0) is 24.3 Å². The van der Waals surface area contributed by atoms with Gasteiger partial charge in [-0.15, -0.1) is 0 Å². The van der Waals surface area contributed by atoms with E-state index in [2.05, 4.69) is 25.7 Å². The van der Waals surface area contributed by atoms with Crippen molar-refractivity contribution in [1.82, 2.24) is 4.98 Å². The van der Waals surface area contributed by atoms with Crippen molar-refractivity contribution in [3.63, 3.8) is 0 Å². The Balaban J connectivity index is 2.37. The Labute approximate surface area is 118 Å². The Hall–Kier alpha value is -2.08. The molecule has 0 radical (unpaired) electrons. The summed E-state index contributed by atoms with van der Waals surface area (Å²) in [5.74, 6) is 0.153. The fraction of sp³-hybridized carbons (Fsp3) is 0.0769. The third-order valence-corrected chi connectivity index (χ3v) is 2.78. The van der Waals surface area contributed by atoms with E-state index in [4.69, 9.17) is 10.5 Å². The van der Waals surface area contributed by atoms with Crippen LogP contribution in [0.3, 0.4) is 0 Å². The summed E-state index contributed by atoms with van der Waals surface area (Å²) in [7, 11) is 1.29. The molecule has 0 saturated heterocycles. The number of pyridine rings is 1. The lowest BCUT2D eigenvalue weighted by molar-refractivity contribution is 0.0597. The summed E-state index contributed by atoms with van der Waals surface area (Å²) in [5, 5.41) is 0. The van der Waals surface area contributed by atoms with E-state index in [9.17, 15) is 4.79 Å². The molecule has 0 aliphatic carbocycles. The molecule has 0 fully saturated rings. The fourth-order valence-electron chi connectivity index (χ4n) is 1.45. The summed E-state index contributed by atoms with van der Waals surface area (Å²) in [6.45, 7) is 0. The van der Waals surface area contributed by atoms with Crippen molar-refractivity contribution in [1.29, 1.82) is 0 Å². The molecule has 0 atom stereocenters. The first kappa shape index (κ1) is 13.4. The lowest BCUT2D eigenvalue weighted by Gasteiger charge is -2.09. The summed E-state index contributed by atoms with van der Waals surface area (Å²) in [5.41, 5.74) is 6.15. The van der Waals surface area contributed by atoms with Gasteiger partial charge in [-0.3, -0.25) is 0 Å². The third-order valence-electron chi connectivity index (χ3n) is 2.29. The number of methoxy groups -OCH3 is 1. The van der Waals surface area contributed by atoms with Gasteiger partial charge < -0.3 is 15.2 Å². The molecule has 0 bridgehead atoms. The fourth-order valence-corrected chi connectivity index (χ4v) is 1.83. The molecule has 19 heavy (non-hydrogen) atoms. The number of anilines is 1. The van der Waals surface area contributed by atoms with Gasteiger partial charge in [0.25, 0.3) is 0 Å². The van der Waals surface area contributed by atoms with Gasteiger partial charge in [0.15, 0.2) is 0 Å². The third kappa shape index (κ3) is 3.23. The Morgan fingerprint density at radius 3 is 2.84 bits per heavy atom. The highest BCUT2D eigenvalue weighted by Gasteiger charge is 2.16. The predicted octanol–water partition coefficient (Wildman–Crippen LogP) is 3.01. The maximum Gasteiger partial charge on any atom is 0.343 e. The zero-order valence-electron chi connectivity index (χ0n) is 10.1. The monoisotopic (exact) mass is 322 g/mol. The van der Waals surface area contributed by atoms with E-state index in [0.29, 0.717) is 11.4 Å². The Morgan fingerprint density at radius 1 is 1.37 bits per heavy atom. The minimum atomic E-state index is -0.551. The van der Waals surface area contributed by atoms with E-state index in [0.717, 1.165) is 4.47 Å². The van der Waals surface area contributed by atoms with Gasteiger partial charge in [-0.2, -0.15) is 0 Å². The number of benzene rings is 1. The predicted molar refractivity (Wildman–Crippen MR) is 74.2 cm³/mol. The number of aromatic nitrogens is 1. The quantitative estimate of drug-likeness (QED) is 0.879. The van der Waals surface area contributed by atoms with Gasteiger partial charge in [0, 0.05) is 4.47 Å². The summed E-state index contributed by atoms with van der Waals surface area (Å²) < 4.78 is 11.1. The minimum Gasteiger partial charge on any atom is -0.465 e. The van der Waals surface area contributed by atoms with Gasteiger partial charge in [0.05, 0.1) is 19.0 Å². The Morgan fingerprint density at radius 2 is 2.16 bits per heavy atom. The topological polar surface area (TPSA) is 74.4 Å². The SMILES string of the molecule is COC(=O)c1cc(N)cnc1Oc1cccc(Br)c1. The molecule has 2 rings (SSSR count). The number of hydrogen-bond acceptors (Lipinski definition) is 5. The van der Waals surface area contributed by atoms with Crippen LogP contribution in [-0.4, -0.2) is 18.1 Å². The van der Waals surface area contributed by atoms with Crippen molar-refractivity contribution in [3.05, 3.63) is 46.6 Å². The molecule has 98 valence electrons. The number of carbonyl (C=O) groups excluding carboxylic acids is 1. The maximum atomic E-state index is 11.6. The number of esters is 1. The summed E-state index contributed by atoms with van der Waals surface area (Å²) in [6.07, 6.45) is 1.42. The first-order valence-electron chi connectivity index (χ1n) is 5.37. The number of nitrogen functional groups attached to an aromatic ring is 1. The number of nitrogens with two attached hydrogens (primary N) is 1. The Bertz CT molecular complexity index is 617. The van der Waals surface area contributed by atoms with Crippen LogP contribution in [0.15, 0.2) is 41.0 Å². The van der Waals surface area contributed by atoms with Gasteiger partial charge >= 0.3 is 5.97 Å². The summed E-state index contributed by atoms with van der Waals surface area (Å²) >= 11 is 3.34. The van der Waals surface area contributed by atoms with Crippen LogP contribution in [0, 0.1) is 0 Å². The first-order chi connectivity index (χ1) is 9.10. The normalized spacial score (nSPS) is 10.0. The smallest absolute Gasteiger partial charge is 0.343 e. The molecule has 0 unspecified atom stereocenters. The molecular weight excluding hydrogens is 312 g/mol. The molecule has 6 heteroatoms. The molecule has 2 aromatic rings. The standard InChI is InChI=1S/C13H11BrN2O3/c1-18-13(17)11-6-9(15)7-16-12(11)19-10-4-2-3-8(14)5-10/h2-7H,15H2,1H3. The number of nitrogens with zero attached hydrogens (tertiary/aromatic N) is 1. The van der Waals surface area contributed by atoms with E-state index >= 15 is 0 Å². The number of halogens is 1. The molecule has 2 N–H and O–H groups in total. The number of carbonyl (C=O) groups is 1. The molecule has 0 aliphatic rings. The molecular formula is C13H11BrN2O3. The highest BCUT2D eigenvalue weighted by Crippen LogP contribution is 2.26. The van der Waals surface area contributed by atoms with Gasteiger partial charge in [0.2, 0.25) is 5.88 Å². The lowest BCUT2D eigenvalue weighted by atomic mass is 10.2. The van der Waals surface area contributed by atoms with Gasteiger partial charge in [0.1, 0.15) is 11.3 Å². The van der Waals surface area contributed by atoms with E-state index in [1.165, 1.54) is 19.4 Å². The van der Waals surface area contributed by atoms with Crippen LogP contribution in [0.5, 0.6) is 11.6 Å². The number of hydrogen-bond donors (Lipinski definition) is 1. The van der Waals surface area contributed by atoms with E-state index in [1.807, 2.05) is 12.1 Å². The van der Waals surface area contributed by atoms with Crippen molar-refractivity contribution in [3.8, 4) is 11.6 Å². The van der Waals surface area contributed by atoms with Crippen molar-refractivity contribution in [2.45, 2.75) is 0 Å². The number of ether oxygens (including phenoxy) is 2. The van der Waals surface area contributed by atoms with E-state index < -0.39 is 5.97 Å². The molecule has 0 aliphatic heterocycles. The zero-order chi connectivity index (χ0) is 13.8. The van der Waals surface area contributed by atoms with Gasteiger partial charge in [-0.25, -0.2) is 9.78 Å². The summed E-state index contributed by atoms with van der Waals surface area (Å²) in [4.78, 5) is 15.6. The van der Waals surface area contributed by atoms with Crippen LogP contribution in [-0.2, 0) is 4.74 Å². The van der Waals surface area contributed by atoms with Crippen LogP contribution in [0.4, 0.5) is 5.69 Å². The van der Waals surface area contributed by atoms with Crippen LogP contribution < -0.4 is 10.5 Å². The first-order valence-corrected chi connectivity index (χ1v) is 6.16. The second kappa shape index (κ2) is 5.71. The minimum absolute atomic E-state index is 0.152. The molecule has 0 saturated carbocycles. The van der Waals surface area contributed by atoms with E-state index in [-0.39, 0.29) is 11.4 Å². The number of rotatable bonds is 3. The molecule has 0 amide bonds.